The Morgan fingerprint density at radius 3 is 2.59 bits per heavy atom. The van der Waals surface area contributed by atoms with Crippen molar-refractivity contribution in [3.8, 4) is 6.07 Å². The quantitative estimate of drug-likeness (QED) is 0.814. The summed E-state index contributed by atoms with van der Waals surface area (Å²) < 4.78 is 25.4. The van der Waals surface area contributed by atoms with E-state index in [9.17, 15) is 8.42 Å². The van der Waals surface area contributed by atoms with Gasteiger partial charge in [-0.3, -0.25) is 0 Å². The number of sulfonamides is 1. The molecule has 6 heteroatoms. The van der Waals surface area contributed by atoms with Crippen LogP contribution < -0.4 is 5.73 Å². The monoisotopic (exact) mass is 253 g/mol. The second-order valence-electron chi connectivity index (χ2n) is 3.81. The summed E-state index contributed by atoms with van der Waals surface area (Å²) in [5.41, 5.74) is 6.82. The minimum absolute atomic E-state index is 0.162. The molecule has 0 atom stereocenters. The molecule has 0 aliphatic heterocycles. The first-order valence-electron chi connectivity index (χ1n) is 5.08. The van der Waals surface area contributed by atoms with Crippen molar-refractivity contribution in [3.63, 3.8) is 0 Å². The van der Waals surface area contributed by atoms with E-state index < -0.39 is 10.0 Å². The van der Waals surface area contributed by atoms with Crippen molar-refractivity contribution in [1.82, 2.24) is 4.31 Å². The number of nitrogens with zero attached hydrogens (tertiary/aromatic N) is 2. The summed E-state index contributed by atoms with van der Waals surface area (Å²) in [6.45, 7) is 1.96. The molecule has 0 aliphatic carbocycles. The van der Waals surface area contributed by atoms with E-state index in [2.05, 4.69) is 0 Å². The Hall–Kier alpha value is -1.58. The summed E-state index contributed by atoms with van der Waals surface area (Å²) in [7, 11) is -2.10. The Morgan fingerprint density at radius 1 is 1.41 bits per heavy atom. The van der Waals surface area contributed by atoms with Crippen molar-refractivity contribution in [1.29, 1.82) is 5.26 Å². The molecule has 2 N–H and O–H groups in total. The topological polar surface area (TPSA) is 87.2 Å². The molecular weight excluding hydrogens is 238 g/mol. The van der Waals surface area contributed by atoms with Gasteiger partial charge in [0.2, 0.25) is 10.0 Å². The van der Waals surface area contributed by atoms with Crippen LogP contribution in [0.5, 0.6) is 0 Å². The third-order valence-corrected chi connectivity index (χ3v) is 4.15. The third-order valence-electron chi connectivity index (χ3n) is 2.32. The predicted molar refractivity (Wildman–Crippen MR) is 65.6 cm³/mol. The maximum absolute atomic E-state index is 12.1. The van der Waals surface area contributed by atoms with Gasteiger partial charge in [0.25, 0.3) is 0 Å². The number of hydrogen-bond acceptors (Lipinski definition) is 4. The fourth-order valence-corrected chi connectivity index (χ4v) is 2.74. The van der Waals surface area contributed by atoms with Crippen molar-refractivity contribution in [2.75, 3.05) is 19.3 Å². The maximum Gasteiger partial charge on any atom is 0.242 e. The summed E-state index contributed by atoms with van der Waals surface area (Å²) in [6.07, 6.45) is 0.164. The van der Waals surface area contributed by atoms with Gasteiger partial charge in [-0.2, -0.15) is 9.57 Å². The molecule has 0 radical (unpaired) electrons. The number of anilines is 1. The van der Waals surface area contributed by atoms with E-state index in [1.54, 1.807) is 19.1 Å². The van der Waals surface area contributed by atoms with Crippen LogP contribution in [0.3, 0.4) is 0 Å². The molecular formula is C11H15N3O2S. The van der Waals surface area contributed by atoms with Crippen LogP contribution >= 0.6 is 0 Å². The van der Waals surface area contributed by atoms with Crippen molar-refractivity contribution >= 4 is 15.7 Å². The highest BCUT2D eigenvalue weighted by atomic mass is 32.2. The lowest BCUT2D eigenvalue weighted by atomic mass is 10.2. The van der Waals surface area contributed by atoms with Gasteiger partial charge in [-0.1, -0.05) is 0 Å². The molecule has 92 valence electrons. The van der Waals surface area contributed by atoms with Gasteiger partial charge in [-0.15, -0.1) is 0 Å². The van der Waals surface area contributed by atoms with Crippen molar-refractivity contribution in [3.05, 3.63) is 23.8 Å². The number of nitriles is 1. The van der Waals surface area contributed by atoms with Crippen molar-refractivity contribution < 1.29 is 8.42 Å². The van der Waals surface area contributed by atoms with Gasteiger partial charge in [0.05, 0.1) is 11.0 Å². The Morgan fingerprint density at radius 2 is 2.06 bits per heavy atom. The first kappa shape index (κ1) is 13.5. The predicted octanol–water partition coefficient (Wildman–Crippen LogP) is 1.11. The number of hydrogen-bond donors (Lipinski definition) is 1. The average molecular weight is 253 g/mol. The molecule has 5 nitrogen and oxygen atoms in total. The van der Waals surface area contributed by atoms with Crippen molar-refractivity contribution in [2.45, 2.75) is 18.2 Å². The standard InChI is InChI=1S/C11H15N3O2S/c1-9-6-10(13)8-11(7-9)17(15,16)14(2)5-3-4-12/h6-8H,3,5,13H2,1-2H3. The summed E-state index contributed by atoms with van der Waals surface area (Å²) in [5, 5.41) is 8.45. The third kappa shape index (κ3) is 3.19. The number of benzene rings is 1. The van der Waals surface area contributed by atoms with E-state index in [0.717, 1.165) is 9.87 Å². The normalized spacial score (nSPS) is 11.4. The molecule has 17 heavy (non-hydrogen) atoms. The number of rotatable bonds is 4. The second kappa shape index (κ2) is 5.17. The summed E-state index contributed by atoms with van der Waals surface area (Å²) in [6, 6.07) is 6.60. The first-order valence-corrected chi connectivity index (χ1v) is 6.52. The molecule has 1 aromatic rings. The lowest BCUT2D eigenvalue weighted by Gasteiger charge is -2.16. The molecule has 0 aromatic heterocycles. The fraction of sp³-hybridized carbons (Fsp3) is 0.364. The average Bonchev–Trinajstić information content (AvgIpc) is 2.24. The molecule has 0 spiro atoms. The van der Waals surface area contributed by atoms with E-state index in [1.165, 1.54) is 13.1 Å². The largest absolute Gasteiger partial charge is 0.399 e. The molecule has 0 saturated carbocycles. The SMILES string of the molecule is Cc1cc(N)cc(S(=O)(=O)N(C)CCC#N)c1. The second-order valence-corrected chi connectivity index (χ2v) is 5.86. The van der Waals surface area contributed by atoms with E-state index in [1.807, 2.05) is 6.07 Å². The van der Waals surface area contributed by atoms with E-state index in [4.69, 9.17) is 11.0 Å². The molecule has 0 saturated heterocycles. The number of aryl methyl sites for hydroxylation is 1. The summed E-state index contributed by atoms with van der Waals surface area (Å²) >= 11 is 0. The summed E-state index contributed by atoms with van der Waals surface area (Å²) in [4.78, 5) is 0.162. The van der Waals surface area contributed by atoms with Gasteiger partial charge in [0.1, 0.15) is 0 Å². The van der Waals surface area contributed by atoms with Crippen LogP contribution in [0, 0.1) is 18.3 Å². The number of nitrogens with two attached hydrogens (primary N) is 1. The van der Waals surface area contributed by atoms with Crippen LogP contribution in [0.4, 0.5) is 5.69 Å². The highest BCUT2D eigenvalue weighted by Crippen LogP contribution is 2.19. The van der Waals surface area contributed by atoms with Crippen LogP contribution in [0.2, 0.25) is 0 Å². The zero-order chi connectivity index (χ0) is 13.1. The Balaban J connectivity index is 3.09. The summed E-state index contributed by atoms with van der Waals surface area (Å²) in [5.74, 6) is 0. The molecule has 1 rings (SSSR count). The minimum atomic E-state index is -3.55. The fourth-order valence-electron chi connectivity index (χ4n) is 1.43. The van der Waals surface area contributed by atoms with Gasteiger partial charge >= 0.3 is 0 Å². The van der Waals surface area contributed by atoms with E-state index >= 15 is 0 Å². The molecule has 0 fully saturated rings. The number of nitrogen functional groups attached to an aromatic ring is 1. The van der Waals surface area contributed by atoms with Gasteiger partial charge in [0.15, 0.2) is 0 Å². The zero-order valence-corrected chi connectivity index (χ0v) is 10.7. The Kier molecular flexibility index (Phi) is 4.10. The van der Waals surface area contributed by atoms with Crippen LogP contribution in [0.25, 0.3) is 0 Å². The van der Waals surface area contributed by atoms with E-state index in [-0.39, 0.29) is 17.9 Å². The van der Waals surface area contributed by atoms with Gasteiger partial charge in [-0.05, 0) is 30.7 Å². The Labute approximate surface area is 102 Å². The van der Waals surface area contributed by atoms with Crippen molar-refractivity contribution in [2.24, 2.45) is 0 Å². The van der Waals surface area contributed by atoms with Crippen LogP contribution in [-0.2, 0) is 10.0 Å². The smallest absolute Gasteiger partial charge is 0.242 e. The molecule has 0 bridgehead atoms. The zero-order valence-electron chi connectivity index (χ0n) is 9.84. The highest BCUT2D eigenvalue weighted by molar-refractivity contribution is 7.89. The van der Waals surface area contributed by atoms with Crippen LogP contribution in [-0.4, -0.2) is 26.3 Å². The maximum atomic E-state index is 12.1. The van der Waals surface area contributed by atoms with Crippen LogP contribution in [0.1, 0.15) is 12.0 Å². The molecule has 0 amide bonds. The minimum Gasteiger partial charge on any atom is -0.399 e. The van der Waals surface area contributed by atoms with Gasteiger partial charge < -0.3 is 5.73 Å². The Bertz CT molecular complexity index is 526. The molecule has 0 unspecified atom stereocenters. The van der Waals surface area contributed by atoms with Gasteiger partial charge in [0, 0.05) is 25.7 Å². The molecule has 1 aromatic carbocycles. The molecule has 0 aliphatic rings. The molecule has 0 heterocycles. The lowest BCUT2D eigenvalue weighted by Crippen LogP contribution is -2.27. The highest BCUT2D eigenvalue weighted by Gasteiger charge is 2.20. The van der Waals surface area contributed by atoms with Gasteiger partial charge in [-0.25, -0.2) is 8.42 Å². The first-order chi connectivity index (χ1) is 7.87. The van der Waals surface area contributed by atoms with Crippen LogP contribution in [0.15, 0.2) is 23.1 Å². The lowest BCUT2D eigenvalue weighted by molar-refractivity contribution is 0.476. The van der Waals surface area contributed by atoms with E-state index in [0.29, 0.717) is 5.69 Å².